The molecule has 1 heterocycles. The van der Waals surface area contributed by atoms with E-state index in [0.717, 1.165) is 4.90 Å². The Morgan fingerprint density at radius 2 is 2.07 bits per heavy atom. The van der Waals surface area contributed by atoms with Crippen LogP contribution in [0.2, 0.25) is 0 Å². The Morgan fingerprint density at radius 1 is 1.32 bits per heavy atom. The summed E-state index contributed by atoms with van der Waals surface area (Å²) in [7, 11) is 0. The Bertz CT molecular complexity index is 924. The first-order valence-electron chi connectivity index (χ1n) is 9.01. The van der Waals surface area contributed by atoms with Gasteiger partial charge in [0.15, 0.2) is 0 Å². The van der Waals surface area contributed by atoms with E-state index in [-0.39, 0.29) is 18.4 Å². The van der Waals surface area contributed by atoms with Gasteiger partial charge in [-0.1, -0.05) is 18.2 Å². The molecule has 0 atom stereocenters. The second kappa shape index (κ2) is 8.10. The molecule has 1 aliphatic rings. The van der Waals surface area contributed by atoms with E-state index in [2.05, 4.69) is 11.9 Å². The minimum Gasteiger partial charge on any atom is -0.490 e. The molecule has 146 valence electrons. The Morgan fingerprint density at radius 3 is 2.79 bits per heavy atom. The number of carbonyl (C=O) groups is 2. The summed E-state index contributed by atoms with van der Waals surface area (Å²) in [4.78, 5) is 28.2. The molecule has 0 saturated carbocycles. The van der Waals surface area contributed by atoms with Crippen molar-refractivity contribution in [1.29, 1.82) is 0 Å². The van der Waals surface area contributed by atoms with Gasteiger partial charge in [0.2, 0.25) is 5.91 Å². The van der Waals surface area contributed by atoms with Gasteiger partial charge in [-0.25, -0.2) is 0 Å². The fourth-order valence-electron chi connectivity index (χ4n) is 3.07. The monoisotopic (exact) mass is 396 g/mol. The van der Waals surface area contributed by atoms with Crippen molar-refractivity contribution in [2.24, 2.45) is 5.41 Å². The number of amides is 2. The molecule has 0 fully saturated rings. The third-order valence-electron chi connectivity index (χ3n) is 4.58. The smallest absolute Gasteiger partial charge is 0.256 e. The van der Waals surface area contributed by atoms with Crippen LogP contribution in [0.15, 0.2) is 60.0 Å². The fraction of sp³-hybridized carbons (Fsp3) is 0.273. The summed E-state index contributed by atoms with van der Waals surface area (Å²) < 4.78 is 5.93. The maximum Gasteiger partial charge on any atom is 0.256 e. The average molecular weight is 397 g/mol. The highest BCUT2D eigenvalue weighted by atomic mass is 32.2. The number of thioether (sulfide) groups is 1. The van der Waals surface area contributed by atoms with Gasteiger partial charge in [0.25, 0.3) is 5.91 Å². The van der Waals surface area contributed by atoms with Crippen molar-refractivity contribution in [2.45, 2.75) is 18.7 Å². The molecular formula is C22H24N2O3S. The molecule has 28 heavy (non-hydrogen) atoms. The van der Waals surface area contributed by atoms with Crippen LogP contribution in [-0.2, 0) is 4.79 Å². The van der Waals surface area contributed by atoms with Crippen molar-refractivity contribution in [3.05, 3.63) is 60.7 Å². The highest BCUT2D eigenvalue weighted by molar-refractivity contribution is 7.98. The zero-order valence-electron chi connectivity index (χ0n) is 16.3. The van der Waals surface area contributed by atoms with Crippen LogP contribution in [0.3, 0.4) is 0 Å². The Hall–Kier alpha value is -2.73. The second-order valence-electron chi connectivity index (χ2n) is 7.21. The van der Waals surface area contributed by atoms with Gasteiger partial charge in [0, 0.05) is 23.2 Å². The zero-order chi connectivity index (χ0) is 20.3. The summed E-state index contributed by atoms with van der Waals surface area (Å²) >= 11 is 1.53. The summed E-state index contributed by atoms with van der Waals surface area (Å²) in [6, 6.07) is 12.8. The maximum atomic E-state index is 12.9. The van der Waals surface area contributed by atoms with E-state index < -0.39 is 5.41 Å². The van der Waals surface area contributed by atoms with E-state index in [1.165, 1.54) is 11.8 Å². The van der Waals surface area contributed by atoms with Crippen LogP contribution < -0.4 is 15.0 Å². The van der Waals surface area contributed by atoms with Gasteiger partial charge in [0.05, 0.1) is 16.7 Å². The third-order valence-corrected chi connectivity index (χ3v) is 5.38. The Balaban J connectivity index is 1.91. The highest BCUT2D eigenvalue weighted by Crippen LogP contribution is 2.38. The summed E-state index contributed by atoms with van der Waals surface area (Å²) in [5.41, 5.74) is 1.27. The Labute approximate surface area is 169 Å². The summed E-state index contributed by atoms with van der Waals surface area (Å²) in [5, 5.41) is 2.93. The molecule has 2 aromatic carbocycles. The van der Waals surface area contributed by atoms with Gasteiger partial charge >= 0.3 is 0 Å². The number of hydrogen-bond acceptors (Lipinski definition) is 4. The van der Waals surface area contributed by atoms with Gasteiger partial charge in [0.1, 0.15) is 12.4 Å². The Kier molecular flexibility index (Phi) is 5.79. The molecule has 0 saturated heterocycles. The topological polar surface area (TPSA) is 58.6 Å². The van der Waals surface area contributed by atoms with Gasteiger partial charge in [-0.3, -0.25) is 9.59 Å². The molecular weight excluding hydrogens is 372 g/mol. The number of nitrogens with zero attached hydrogens (tertiary/aromatic N) is 1. The lowest BCUT2D eigenvalue weighted by Crippen LogP contribution is -2.42. The molecule has 5 nitrogen and oxygen atoms in total. The van der Waals surface area contributed by atoms with Gasteiger partial charge in [-0.2, -0.15) is 0 Å². The lowest BCUT2D eigenvalue weighted by molar-refractivity contribution is -0.127. The molecule has 0 spiro atoms. The first-order chi connectivity index (χ1) is 13.4. The fourth-order valence-corrected chi connectivity index (χ4v) is 3.66. The average Bonchev–Trinajstić information content (AvgIpc) is 2.78. The molecule has 1 aliphatic heterocycles. The second-order valence-corrected chi connectivity index (χ2v) is 8.06. The first-order valence-corrected chi connectivity index (χ1v) is 10.2. The van der Waals surface area contributed by atoms with Crippen LogP contribution in [0.1, 0.15) is 24.2 Å². The van der Waals surface area contributed by atoms with E-state index >= 15 is 0 Å². The van der Waals surface area contributed by atoms with Crippen molar-refractivity contribution in [1.82, 2.24) is 0 Å². The van der Waals surface area contributed by atoms with E-state index in [0.29, 0.717) is 29.2 Å². The van der Waals surface area contributed by atoms with Crippen LogP contribution in [0, 0.1) is 5.41 Å². The lowest BCUT2D eigenvalue weighted by atomic mass is 9.93. The predicted octanol–water partition coefficient (Wildman–Crippen LogP) is 4.60. The van der Waals surface area contributed by atoms with Crippen LogP contribution in [0.5, 0.6) is 5.75 Å². The van der Waals surface area contributed by atoms with E-state index in [9.17, 15) is 9.59 Å². The van der Waals surface area contributed by atoms with Crippen molar-refractivity contribution >= 4 is 35.0 Å². The minimum absolute atomic E-state index is 0.0168. The lowest BCUT2D eigenvalue weighted by Gasteiger charge is -2.27. The van der Waals surface area contributed by atoms with Crippen molar-refractivity contribution < 1.29 is 14.3 Å². The van der Waals surface area contributed by atoms with Crippen molar-refractivity contribution in [3.63, 3.8) is 0 Å². The quantitative estimate of drug-likeness (QED) is 0.593. The SMILES string of the molecule is C=CCN1C(=O)C(C)(C)COc2cc(NC(=O)c3ccccc3SC)ccc21. The molecule has 6 heteroatoms. The van der Waals surface area contributed by atoms with Crippen LogP contribution >= 0.6 is 11.8 Å². The number of nitrogens with one attached hydrogen (secondary N) is 1. The van der Waals surface area contributed by atoms with Gasteiger partial charge < -0.3 is 15.0 Å². The normalized spacial score (nSPS) is 15.2. The summed E-state index contributed by atoms with van der Waals surface area (Å²) in [6.07, 6.45) is 3.63. The molecule has 1 N–H and O–H groups in total. The number of benzene rings is 2. The number of carbonyl (C=O) groups excluding carboxylic acids is 2. The molecule has 0 bridgehead atoms. The zero-order valence-corrected chi connectivity index (χ0v) is 17.1. The van der Waals surface area contributed by atoms with Crippen LogP contribution in [-0.4, -0.2) is 31.2 Å². The number of fused-ring (bicyclic) bond motifs is 1. The van der Waals surface area contributed by atoms with Crippen molar-refractivity contribution in [3.8, 4) is 5.75 Å². The van der Waals surface area contributed by atoms with Gasteiger partial charge in [-0.15, -0.1) is 18.3 Å². The number of rotatable bonds is 5. The maximum absolute atomic E-state index is 12.9. The van der Waals surface area contributed by atoms with E-state index in [1.807, 2.05) is 38.3 Å². The highest BCUT2D eigenvalue weighted by Gasteiger charge is 2.37. The molecule has 0 aromatic heterocycles. The predicted molar refractivity (Wildman–Crippen MR) is 114 cm³/mol. The standard InChI is InChI=1S/C22H24N2O3S/c1-5-12-24-17-11-10-15(13-18(17)27-14-22(2,3)21(24)26)23-20(25)16-8-6-7-9-19(16)28-4/h5-11,13H,1,12,14H2,2-4H3,(H,23,25). The van der Waals surface area contributed by atoms with Crippen LogP contribution in [0.25, 0.3) is 0 Å². The van der Waals surface area contributed by atoms with E-state index in [4.69, 9.17) is 4.74 Å². The van der Waals surface area contributed by atoms with Gasteiger partial charge in [-0.05, 0) is 44.4 Å². The molecule has 3 rings (SSSR count). The van der Waals surface area contributed by atoms with Crippen molar-refractivity contribution in [2.75, 3.05) is 29.6 Å². The van der Waals surface area contributed by atoms with E-state index in [1.54, 1.807) is 35.2 Å². The molecule has 0 aliphatic carbocycles. The summed E-state index contributed by atoms with van der Waals surface area (Å²) in [5.74, 6) is 0.367. The molecule has 2 aromatic rings. The number of anilines is 2. The molecule has 2 amide bonds. The third kappa shape index (κ3) is 3.92. The largest absolute Gasteiger partial charge is 0.490 e. The molecule has 0 radical (unpaired) electrons. The first kappa shape index (κ1) is 20.0. The minimum atomic E-state index is -0.650. The number of ether oxygens (including phenoxy) is 1. The molecule has 0 unspecified atom stereocenters. The number of hydrogen-bond donors (Lipinski definition) is 1. The summed E-state index contributed by atoms with van der Waals surface area (Å²) in [6.45, 7) is 8.13. The van der Waals surface area contributed by atoms with Crippen LogP contribution in [0.4, 0.5) is 11.4 Å².